The second kappa shape index (κ2) is 7.13. The number of anilines is 2. The van der Waals surface area contributed by atoms with Crippen molar-refractivity contribution in [2.45, 2.75) is 6.92 Å². The SMILES string of the molecule is Cc1ccc(N2C(=O)C(Nc3cccc(Br)c3)=C(c3cccs3)C2=O)cc1. The Morgan fingerprint density at radius 1 is 0.963 bits per heavy atom. The van der Waals surface area contributed by atoms with Gasteiger partial charge in [0.15, 0.2) is 0 Å². The van der Waals surface area contributed by atoms with Crippen molar-refractivity contribution in [1.29, 1.82) is 0 Å². The third kappa shape index (κ3) is 3.34. The molecule has 0 fully saturated rings. The predicted octanol–water partition coefficient (Wildman–Crippen LogP) is 5.22. The number of aryl methyl sites for hydroxylation is 1. The minimum absolute atomic E-state index is 0.293. The van der Waals surface area contributed by atoms with Gasteiger partial charge in [0.1, 0.15) is 5.70 Å². The summed E-state index contributed by atoms with van der Waals surface area (Å²) in [5.41, 5.74) is 3.06. The average Bonchev–Trinajstić information content (AvgIpc) is 3.24. The molecule has 4 nitrogen and oxygen atoms in total. The molecule has 0 aliphatic carbocycles. The maximum atomic E-state index is 13.2. The van der Waals surface area contributed by atoms with Crippen molar-refractivity contribution in [2.24, 2.45) is 0 Å². The Balaban J connectivity index is 1.79. The third-order valence-electron chi connectivity index (χ3n) is 4.24. The van der Waals surface area contributed by atoms with E-state index in [1.165, 1.54) is 16.2 Å². The molecule has 4 rings (SSSR count). The van der Waals surface area contributed by atoms with E-state index in [1.807, 2.05) is 60.8 Å². The third-order valence-corrected chi connectivity index (χ3v) is 5.62. The number of hydrogen-bond donors (Lipinski definition) is 1. The first-order chi connectivity index (χ1) is 13.0. The summed E-state index contributed by atoms with van der Waals surface area (Å²) in [5, 5.41) is 5.05. The quantitative estimate of drug-likeness (QED) is 0.568. The van der Waals surface area contributed by atoms with Gasteiger partial charge >= 0.3 is 0 Å². The second-order valence-corrected chi connectivity index (χ2v) is 8.01. The van der Waals surface area contributed by atoms with Crippen LogP contribution in [0.1, 0.15) is 10.4 Å². The monoisotopic (exact) mass is 438 g/mol. The second-order valence-electron chi connectivity index (χ2n) is 6.14. The van der Waals surface area contributed by atoms with Crippen LogP contribution in [0.3, 0.4) is 0 Å². The summed E-state index contributed by atoms with van der Waals surface area (Å²) < 4.78 is 0.887. The van der Waals surface area contributed by atoms with Gasteiger partial charge in [-0.3, -0.25) is 9.59 Å². The zero-order chi connectivity index (χ0) is 19.0. The van der Waals surface area contributed by atoms with Gasteiger partial charge in [0, 0.05) is 15.0 Å². The van der Waals surface area contributed by atoms with E-state index in [1.54, 1.807) is 12.1 Å². The highest BCUT2D eigenvalue weighted by Gasteiger charge is 2.40. The highest BCUT2D eigenvalue weighted by molar-refractivity contribution is 9.10. The smallest absolute Gasteiger partial charge is 0.282 e. The van der Waals surface area contributed by atoms with Gasteiger partial charge in [-0.05, 0) is 48.7 Å². The van der Waals surface area contributed by atoms with Gasteiger partial charge in [0.2, 0.25) is 0 Å². The lowest BCUT2D eigenvalue weighted by atomic mass is 10.2. The van der Waals surface area contributed by atoms with Gasteiger partial charge in [0.25, 0.3) is 11.8 Å². The molecule has 1 aliphatic heterocycles. The van der Waals surface area contributed by atoms with Crippen molar-refractivity contribution < 1.29 is 9.59 Å². The number of carbonyl (C=O) groups excluding carboxylic acids is 2. The summed E-state index contributed by atoms with van der Waals surface area (Å²) in [7, 11) is 0. The number of nitrogens with one attached hydrogen (secondary N) is 1. The molecule has 0 saturated carbocycles. The summed E-state index contributed by atoms with van der Waals surface area (Å²) >= 11 is 4.87. The summed E-state index contributed by atoms with van der Waals surface area (Å²) in [5.74, 6) is -0.670. The van der Waals surface area contributed by atoms with Crippen molar-refractivity contribution in [3.8, 4) is 0 Å². The van der Waals surface area contributed by atoms with E-state index < -0.39 is 0 Å². The Labute approximate surface area is 169 Å². The lowest BCUT2D eigenvalue weighted by Gasteiger charge is -2.15. The van der Waals surface area contributed by atoms with Crippen molar-refractivity contribution >= 4 is 56.0 Å². The first-order valence-electron chi connectivity index (χ1n) is 8.31. The molecule has 0 spiro atoms. The Morgan fingerprint density at radius 3 is 2.41 bits per heavy atom. The molecule has 1 aliphatic rings. The number of carbonyl (C=O) groups is 2. The van der Waals surface area contributed by atoms with E-state index in [-0.39, 0.29) is 11.8 Å². The van der Waals surface area contributed by atoms with E-state index in [0.29, 0.717) is 17.0 Å². The number of hydrogen-bond acceptors (Lipinski definition) is 4. The zero-order valence-corrected chi connectivity index (χ0v) is 16.8. The first-order valence-corrected chi connectivity index (χ1v) is 9.98. The summed E-state index contributed by atoms with van der Waals surface area (Å²) in [4.78, 5) is 28.3. The molecule has 2 aromatic carbocycles. The van der Waals surface area contributed by atoms with E-state index in [9.17, 15) is 9.59 Å². The van der Waals surface area contributed by atoms with Crippen LogP contribution in [0.25, 0.3) is 5.57 Å². The minimum atomic E-state index is -0.354. The summed E-state index contributed by atoms with van der Waals surface area (Å²) in [6, 6.07) is 18.6. The van der Waals surface area contributed by atoms with Crippen molar-refractivity contribution in [2.75, 3.05) is 10.2 Å². The molecule has 6 heteroatoms. The van der Waals surface area contributed by atoms with Crippen molar-refractivity contribution in [3.05, 3.63) is 86.7 Å². The first kappa shape index (κ1) is 17.7. The standard InChI is InChI=1S/C21H15BrN2O2S/c1-13-7-9-16(10-8-13)24-20(25)18(17-6-3-11-27-17)19(21(24)26)23-15-5-2-4-14(22)12-15/h2-12,23H,1H3. The van der Waals surface area contributed by atoms with Crippen LogP contribution in [-0.4, -0.2) is 11.8 Å². The molecule has 2 heterocycles. The minimum Gasteiger partial charge on any atom is -0.350 e. The normalized spacial score (nSPS) is 14.2. The highest BCUT2D eigenvalue weighted by atomic mass is 79.9. The average molecular weight is 439 g/mol. The maximum absolute atomic E-state index is 13.2. The number of imide groups is 1. The number of rotatable bonds is 4. The fraction of sp³-hybridized carbons (Fsp3) is 0.0476. The van der Waals surface area contributed by atoms with Gasteiger partial charge in [0.05, 0.1) is 11.3 Å². The molecular formula is C21H15BrN2O2S. The lowest BCUT2D eigenvalue weighted by molar-refractivity contribution is -0.120. The molecule has 27 heavy (non-hydrogen) atoms. The molecule has 0 atom stereocenters. The van der Waals surface area contributed by atoms with Crippen LogP contribution in [0.15, 0.2) is 76.2 Å². The molecule has 134 valence electrons. The lowest BCUT2D eigenvalue weighted by Crippen LogP contribution is -2.32. The van der Waals surface area contributed by atoms with Crippen LogP contribution in [0, 0.1) is 6.92 Å². The van der Waals surface area contributed by atoms with E-state index in [0.717, 1.165) is 20.6 Å². The fourth-order valence-corrected chi connectivity index (χ4v) is 4.10. The van der Waals surface area contributed by atoms with Crippen LogP contribution in [-0.2, 0) is 9.59 Å². The molecule has 2 amide bonds. The predicted molar refractivity (Wildman–Crippen MR) is 113 cm³/mol. The Hall–Kier alpha value is -2.70. The van der Waals surface area contributed by atoms with Crippen LogP contribution >= 0.6 is 27.3 Å². The molecule has 3 aromatic rings. The highest BCUT2D eigenvalue weighted by Crippen LogP contribution is 2.35. The molecule has 0 saturated heterocycles. The fourth-order valence-electron chi connectivity index (χ4n) is 2.93. The zero-order valence-electron chi connectivity index (χ0n) is 14.4. The van der Waals surface area contributed by atoms with E-state index in [2.05, 4.69) is 21.2 Å². The topological polar surface area (TPSA) is 49.4 Å². The van der Waals surface area contributed by atoms with Gasteiger partial charge in [-0.15, -0.1) is 11.3 Å². The summed E-state index contributed by atoms with van der Waals surface area (Å²) in [6.45, 7) is 1.97. The van der Waals surface area contributed by atoms with E-state index >= 15 is 0 Å². The van der Waals surface area contributed by atoms with Crippen LogP contribution < -0.4 is 10.2 Å². The molecule has 1 N–H and O–H groups in total. The maximum Gasteiger partial charge on any atom is 0.282 e. The molecule has 0 unspecified atom stereocenters. The molecule has 0 radical (unpaired) electrons. The molecule has 1 aromatic heterocycles. The van der Waals surface area contributed by atoms with Crippen molar-refractivity contribution in [3.63, 3.8) is 0 Å². The Bertz CT molecular complexity index is 1060. The van der Waals surface area contributed by atoms with Gasteiger partial charge < -0.3 is 5.32 Å². The van der Waals surface area contributed by atoms with Gasteiger partial charge in [-0.1, -0.05) is 45.8 Å². The van der Waals surface area contributed by atoms with Gasteiger partial charge in [-0.2, -0.15) is 0 Å². The number of benzene rings is 2. The number of thiophene rings is 1. The van der Waals surface area contributed by atoms with Crippen LogP contribution in [0.4, 0.5) is 11.4 Å². The number of halogens is 1. The largest absolute Gasteiger partial charge is 0.350 e. The van der Waals surface area contributed by atoms with E-state index in [4.69, 9.17) is 0 Å². The molecular weight excluding hydrogens is 424 g/mol. The number of nitrogens with zero attached hydrogens (tertiary/aromatic N) is 1. The van der Waals surface area contributed by atoms with Gasteiger partial charge in [-0.25, -0.2) is 4.90 Å². The van der Waals surface area contributed by atoms with Crippen molar-refractivity contribution in [1.82, 2.24) is 0 Å². The Kier molecular flexibility index (Phi) is 4.68. The summed E-state index contributed by atoms with van der Waals surface area (Å²) in [6.07, 6.45) is 0. The van der Waals surface area contributed by atoms with Crippen LogP contribution in [0.2, 0.25) is 0 Å². The Morgan fingerprint density at radius 2 is 1.74 bits per heavy atom. The molecule has 0 bridgehead atoms. The number of amides is 2. The van der Waals surface area contributed by atoms with Crippen LogP contribution in [0.5, 0.6) is 0 Å².